The van der Waals surface area contributed by atoms with Gasteiger partial charge in [0.2, 0.25) is 21.8 Å². The summed E-state index contributed by atoms with van der Waals surface area (Å²) < 4.78 is 26.7. The lowest BCUT2D eigenvalue weighted by Gasteiger charge is -2.33. The molecule has 3 aromatic rings. The van der Waals surface area contributed by atoms with Gasteiger partial charge in [-0.1, -0.05) is 96.7 Å². The number of anilines is 1. The number of hydrogen-bond donors (Lipinski definition) is 1. The van der Waals surface area contributed by atoms with Crippen LogP contribution in [0, 0.1) is 0 Å². The smallest absolute Gasteiger partial charge is 0.244 e. The minimum absolute atomic E-state index is 0.00443. The molecule has 0 aromatic heterocycles. The van der Waals surface area contributed by atoms with E-state index < -0.39 is 28.5 Å². The summed E-state index contributed by atoms with van der Waals surface area (Å²) in [6.07, 6.45) is 2.89. The van der Waals surface area contributed by atoms with Gasteiger partial charge in [-0.25, -0.2) is 8.42 Å². The number of carbonyl (C=O) groups excluding carboxylic acids is 2. The zero-order valence-electron chi connectivity index (χ0n) is 22.3. The van der Waals surface area contributed by atoms with Crippen LogP contribution in [-0.4, -0.2) is 50.5 Å². The monoisotopic (exact) mass is 623 g/mol. The summed E-state index contributed by atoms with van der Waals surface area (Å²) in [5, 5.41) is 3.62. The fourth-order valence-corrected chi connectivity index (χ4v) is 5.55. The van der Waals surface area contributed by atoms with Gasteiger partial charge in [-0.3, -0.25) is 13.9 Å². The first kappa shape index (κ1) is 31.7. The summed E-state index contributed by atoms with van der Waals surface area (Å²) in [5.41, 5.74) is 1.65. The number of rotatable bonds is 13. The quantitative estimate of drug-likeness (QED) is 0.238. The van der Waals surface area contributed by atoms with Crippen LogP contribution in [0.2, 0.25) is 15.1 Å². The first-order valence-electron chi connectivity index (χ1n) is 12.8. The number of halogens is 3. The number of nitrogens with zero attached hydrogens (tertiary/aromatic N) is 2. The SMILES string of the molecule is CCCCNC(=O)[C@@H](Cc1ccccc1)N(Cc1ccc(Cl)cc1)C(=O)CN(c1cccc(Cl)c1Cl)S(C)(=O)=O. The average Bonchev–Trinajstić information content (AvgIpc) is 2.92. The van der Waals surface area contributed by atoms with Gasteiger partial charge in [0.05, 0.1) is 22.0 Å². The van der Waals surface area contributed by atoms with E-state index in [1.54, 1.807) is 30.3 Å². The maximum Gasteiger partial charge on any atom is 0.244 e. The highest BCUT2D eigenvalue weighted by molar-refractivity contribution is 7.92. The van der Waals surface area contributed by atoms with Crippen LogP contribution in [0.1, 0.15) is 30.9 Å². The maximum absolute atomic E-state index is 14.0. The molecule has 1 N–H and O–H groups in total. The standard InChI is InChI=1S/C29H32Cl3N3O4S/c1-3-4-17-33-29(37)26(18-21-9-6-5-7-10-21)34(19-22-13-15-23(30)16-14-22)27(36)20-35(40(2,38)39)25-12-8-11-24(31)28(25)32/h5-16,26H,3-4,17-20H2,1-2H3,(H,33,37)/t26-/m1/s1. The molecule has 3 aromatic carbocycles. The second-order valence-electron chi connectivity index (χ2n) is 9.34. The highest BCUT2D eigenvalue weighted by Crippen LogP contribution is 2.34. The Balaban J connectivity index is 2.05. The Morgan fingerprint density at radius 3 is 2.20 bits per heavy atom. The molecule has 0 radical (unpaired) electrons. The van der Waals surface area contributed by atoms with E-state index in [0.29, 0.717) is 11.6 Å². The zero-order valence-corrected chi connectivity index (χ0v) is 25.4. The molecule has 0 heterocycles. The van der Waals surface area contributed by atoms with Gasteiger partial charge in [-0.2, -0.15) is 0 Å². The molecule has 3 rings (SSSR count). The Kier molecular flexibility index (Phi) is 11.7. The number of amides is 2. The maximum atomic E-state index is 14.0. The number of nitrogens with one attached hydrogen (secondary N) is 1. The van der Waals surface area contributed by atoms with Crippen LogP contribution in [0.3, 0.4) is 0 Å². The molecule has 0 fully saturated rings. The molecule has 0 bridgehead atoms. The molecule has 0 aliphatic rings. The number of hydrogen-bond acceptors (Lipinski definition) is 4. The Morgan fingerprint density at radius 2 is 1.57 bits per heavy atom. The zero-order chi connectivity index (χ0) is 29.3. The van der Waals surface area contributed by atoms with Gasteiger partial charge < -0.3 is 10.2 Å². The predicted octanol–water partition coefficient (Wildman–Crippen LogP) is 5.97. The fraction of sp³-hybridized carbons (Fsp3) is 0.310. The highest BCUT2D eigenvalue weighted by atomic mass is 35.5. The lowest BCUT2D eigenvalue weighted by Crippen LogP contribution is -2.53. The van der Waals surface area contributed by atoms with Crippen LogP contribution in [0.4, 0.5) is 5.69 Å². The van der Waals surface area contributed by atoms with Crippen molar-refractivity contribution in [1.82, 2.24) is 10.2 Å². The van der Waals surface area contributed by atoms with Gasteiger partial charge >= 0.3 is 0 Å². The van der Waals surface area contributed by atoms with E-state index in [9.17, 15) is 18.0 Å². The molecule has 0 aliphatic carbocycles. The van der Waals surface area contributed by atoms with Crippen LogP contribution in [0.25, 0.3) is 0 Å². The normalized spacial score (nSPS) is 12.0. The van der Waals surface area contributed by atoms with Crippen molar-refractivity contribution in [1.29, 1.82) is 0 Å². The largest absolute Gasteiger partial charge is 0.354 e. The van der Waals surface area contributed by atoms with E-state index >= 15 is 0 Å². The van der Waals surface area contributed by atoms with Crippen molar-refractivity contribution < 1.29 is 18.0 Å². The van der Waals surface area contributed by atoms with Crippen LogP contribution in [0.5, 0.6) is 0 Å². The first-order chi connectivity index (χ1) is 19.0. The third kappa shape index (κ3) is 8.86. The van der Waals surface area contributed by atoms with Gasteiger partial charge in [0.15, 0.2) is 0 Å². The average molecular weight is 625 g/mol. The summed E-state index contributed by atoms with van der Waals surface area (Å²) in [5.74, 6) is -0.908. The molecule has 214 valence electrons. The Hall–Kier alpha value is -2.78. The number of benzene rings is 3. The van der Waals surface area contributed by atoms with E-state index in [0.717, 1.165) is 34.5 Å². The minimum atomic E-state index is -3.96. The first-order valence-corrected chi connectivity index (χ1v) is 15.8. The van der Waals surface area contributed by atoms with Crippen LogP contribution in [-0.2, 0) is 32.6 Å². The summed E-state index contributed by atoms with van der Waals surface area (Å²) in [6, 6.07) is 19.9. The van der Waals surface area contributed by atoms with Crippen LogP contribution in [0.15, 0.2) is 72.8 Å². The number of unbranched alkanes of at least 4 members (excludes halogenated alkanes) is 1. The fourth-order valence-electron chi connectivity index (χ4n) is 4.13. The van der Waals surface area contributed by atoms with Crippen molar-refractivity contribution in [2.24, 2.45) is 0 Å². The number of sulfonamides is 1. The Morgan fingerprint density at radius 1 is 0.900 bits per heavy atom. The van der Waals surface area contributed by atoms with Crippen LogP contribution < -0.4 is 9.62 Å². The molecule has 7 nitrogen and oxygen atoms in total. The lowest BCUT2D eigenvalue weighted by atomic mass is 10.0. The van der Waals surface area contributed by atoms with Gasteiger partial charge in [-0.05, 0) is 41.8 Å². The van der Waals surface area contributed by atoms with Crippen molar-refractivity contribution in [2.45, 2.75) is 38.8 Å². The van der Waals surface area contributed by atoms with E-state index in [-0.39, 0.29) is 34.6 Å². The molecule has 0 unspecified atom stereocenters. The predicted molar refractivity (Wildman–Crippen MR) is 163 cm³/mol. The molecule has 1 atom stereocenters. The van der Waals surface area contributed by atoms with Crippen molar-refractivity contribution >= 4 is 62.3 Å². The summed E-state index contributed by atoms with van der Waals surface area (Å²) in [6.45, 7) is 1.94. The van der Waals surface area contributed by atoms with Crippen molar-refractivity contribution in [3.63, 3.8) is 0 Å². The van der Waals surface area contributed by atoms with Gasteiger partial charge in [0, 0.05) is 24.5 Å². The molecule has 0 saturated carbocycles. The second kappa shape index (κ2) is 14.7. The van der Waals surface area contributed by atoms with E-state index in [2.05, 4.69) is 5.32 Å². The Labute approximate surface area is 251 Å². The van der Waals surface area contributed by atoms with Gasteiger partial charge in [-0.15, -0.1) is 0 Å². The van der Waals surface area contributed by atoms with Gasteiger partial charge in [0.25, 0.3) is 0 Å². The Bertz CT molecular complexity index is 1400. The molecule has 2 amide bonds. The number of carbonyl (C=O) groups is 2. The summed E-state index contributed by atoms with van der Waals surface area (Å²) in [4.78, 5) is 29.0. The third-order valence-electron chi connectivity index (χ3n) is 6.25. The van der Waals surface area contributed by atoms with Crippen LogP contribution >= 0.6 is 34.8 Å². The molecule has 0 aliphatic heterocycles. The topological polar surface area (TPSA) is 86.8 Å². The summed E-state index contributed by atoms with van der Waals surface area (Å²) >= 11 is 18.6. The minimum Gasteiger partial charge on any atom is -0.354 e. The molecular weight excluding hydrogens is 593 g/mol. The van der Waals surface area contributed by atoms with Crippen molar-refractivity contribution in [2.75, 3.05) is 23.7 Å². The molecule has 11 heteroatoms. The van der Waals surface area contributed by atoms with E-state index in [1.165, 1.54) is 17.0 Å². The van der Waals surface area contributed by atoms with Crippen molar-refractivity contribution in [3.8, 4) is 0 Å². The highest BCUT2D eigenvalue weighted by Gasteiger charge is 2.33. The third-order valence-corrected chi connectivity index (χ3v) is 8.43. The summed E-state index contributed by atoms with van der Waals surface area (Å²) in [7, 11) is -3.96. The lowest BCUT2D eigenvalue weighted by molar-refractivity contribution is -0.140. The van der Waals surface area contributed by atoms with E-state index in [1.807, 2.05) is 37.3 Å². The molecule has 40 heavy (non-hydrogen) atoms. The molecule has 0 spiro atoms. The second-order valence-corrected chi connectivity index (χ2v) is 12.5. The molecule has 0 saturated heterocycles. The van der Waals surface area contributed by atoms with Crippen molar-refractivity contribution in [3.05, 3.63) is 99.0 Å². The molecular formula is C29H32Cl3N3O4S. The van der Waals surface area contributed by atoms with E-state index in [4.69, 9.17) is 34.8 Å². The van der Waals surface area contributed by atoms with Gasteiger partial charge in [0.1, 0.15) is 12.6 Å².